The average Bonchev–Trinajstić information content (AvgIpc) is 2.52. The molecule has 25 heavy (non-hydrogen) atoms. The van der Waals surface area contributed by atoms with Crippen molar-refractivity contribution in [2.24, 2.45) is 0 Å². The van der Waals surface area contributed by atoms with Crippen LogP contribution in [0.5, 0.6) is 0 Å². The lowest BCUT2D eigenvalue weighted by molar-refractivity contribution is -0.384. The number of non-ortho nitro benzene ring substituents is 1. The van der Waals surface area contributed by atoms with Crippen molar-refractivity contribution in [2.45, 2.75) is 32.8 Å². The Kier molecular flexibility index (Phi) is 6.90. The van der Waals surface area contributed by atoms with Crippen LogP contribution in [0, 0.1) is 10.1 Å². The number of carbonyl (C=O) groups excluding carboxylic acids is 2. The smallest absolute Gasteiger partial charge is 0.410 e. The molecule has 138 valence electrons. The number of amides is 2. The maximum atomic E-state index is 12.3. The van der Waals surface area contributed by atoms with Crippen molar-refractivity contribution < 1.29 is 19.2 Å². The molecule has 0 heterocycles. The first-order valence-electron chi connectivity index (χ1n) is 7.95. The van der Waals surface area contributed by atoms with Gasteiger partial charge in [-0.15, -0.1) is 0 Å². The van der Waals surface area contributed by atoms with Gasteiger partial charge in [0.2, 0.25) is 0 Å². The Balaban J connectivity index is 2.48. The van der Waals surface area contributed by atoms with E-state index in [1.165, 1.54) is 34.1 Å². The molecule has 0 atom stereocenters. The first kappa shape index (κ1) is 20.4. The third kappa shape index (κ3) is 6.78. The lowest BCUT2D eigenvalue weighted by atomic mass is 10.2. The number of nitrogens with zero attached hydrogens (tertiary/aromatic N) is 3. The molecule has 8 nitrogen and oxygen atoms in total. The van der Waals surface area contributed by atoms with Gasteiger partial charge in [-0.05, 0) is 39.3 Å². The second-order valence-electron chi connectivity index (χ2n) is 6.79. The maximum absolute atomic E-state index is 12.3. The first-order valence-corrected chi connectivity index (χ1v) is 7.95. The third-order valence-electron chi connectivity index (χ3n) is 3.36. The minimum Gasteiger partial charge on any atom is -0.444 e. The standard InChI is InChI=1S/C17H25N3O5/c1-17(2,3)25-16(22)19(5)12-6-11-18(4)15(21)13-7-9-14(10-8-13)20(23)24/h7-10H,6,11-12H2,1-5H3. The molecule has 2 amide bonds. The Bertz CT molecular complexity index is 622. The van der Waals surface area contributed by atoms with Crippen LogP contribution in [0.2, 0.25) is 0 Å². The van der Waals surface area contributed by atoms with E-state index in [4.69, 9.17) is 4.74 Å². The Hall–Kier alpha value is -2.64. The molecular weight excluding hydrogens is 326 g/mol. The van der Waals surface area contributed by atoms with Crippen molar-refractivity contribution >= 4 is 17.7 Å². The Morgan fingerprint density at radius 2 is 1.60 bits per heavy atom. The molecule has 0 unspecified atom stereocenters. The number of carbonyl (C=O) groups is 2. The Labute approximate surface area is 147 Å². The number of benzene rings is 1. The number of hydrogen-bond donors (Lipinski definition) is 0. The number of ether oxygens (including phenoxy) is 1. The summed E-state index contributed by atoms with van der Waals surface area (Å²) >= 11 is 0. The predicted octanol–water partition coefficient (Wildman–Crippen LogP) is 2.92. The molecule has 0 saturated heterocycles. The van der Waals surface area contributed by atoms with Gasteiger partial charge in [0.25, 0.3) is 11.6 Å². The SMILES string of the molecule is CN(CCCN(C)C(=O)c1ccc([N+](=O)[O-])cc1)C(=O)OC(C)(C)C. The van der Waals surface area contributed by atoms with Crippen molar-refractivity contribution in [1.29, 1.82) is 0 Å². The van der Waals surface area contributed by atoms with Crippen molar-refractivity contribution in [3.63, 3.8) is 0 Å². The van der Waals surface area contributed by atoms with Gasteiger partial charge in [0.1, 0.15) is 5.60 Å². The summed E-state index contributed by atoms with van der Waals surface area (Å²) in [5.41, 5.74) is -0.222. The third-order valence-corrected chi connectivity index (χ3v) is 3.36. The van der Waals surface area contributed by atoms with Crippen LogP contribution in [0.1, 0.15) is 37.6 Å². The van der Waals surface area contributed by atoms with Crippen LogP contribution in [0.25, 0.3) is 0 Å². The van der Waals surface area contributed by atoms with Gasteiger partial charge < -0.3 is 14.5 Å². The van der Waals surface area contributed by atoms with E-state index >= 15 is 0 Å². The normalized spacial score (nSPS) is 10.9. The van der Waals surface area contributed by atoms with E-state index < -0.39 is 16.6 Å². The maximum Gasteiger partial charge on any atom is 0.410 e. The van der Waals surface area contributed by atoms with Crippen LogP contribution >= 0.6 is 0 Å². The number of nitro benzene ring substituents is 1. The fraction of sp³-hybridized carbons (Fsp3) is 0.529. The molecule has 1 aromatic rings. The molecule has 0 aliphatic rings. The van der Waals surface area contributed by atoms with E-state index in [2.05, 4.69) is 0 Å². The molecule has 0 radical (unpaired) electrons. The zero-order valence-electron chi connectivity index (χ0n) is 15.3. The fourth-order valence-corrected chi connectivity index (χ4v) is 2.02. The number of hydrogen-bond acceptors (Lipinski definition) is 5. The van der Waals surface area contributed by atoms with Crippen molar-refractivity contribution in [1.82, 2.24) is 9.80 Å². The summed E-state index contributed by atoms with van der Waals surface area (Å²) in [6.07, 6.45) is 0.183. The number of nitro groups is 1. The lowest BCUT2D eigenvalue weighted by Crippen LogP contribution is -2.36. The van der Waals surface area contributed by atoms with E-state index in [1.807, 2.05) is 0 Å². The highest BCUT2D eigenvalue weighted by Crippen LogP contribution is 2.13. The van der Waals surface area contributed by atoms with Gasteiger partial charge in [-0.3, -0.25) is 14.9 Å². The van der Waals surface area contributed by atoms with Gasteiger partial charge in [-0.1, -0.05) is 0 Å². The molecule has 0 N–H and O–H groups in total. The minimum atomic E-state index is -0.548. The molecule has 8 heteroatoms. The second kappa shape index (κ2) is 8.46. The van der Waals surface area contributed by atoms with Gasteiger partial charge in [-0.25, -0.2) is 4.79 Å². The van der Waals surface area contributed by atoms with Crippen LogP contribution < -0.4 is 0 Å². The summed E-state index contributed by atoms with van der Waals surface area (Å²) < 4.78 is 5.26. The summed E-state index contributed by atoms with van der Waals surface area (Å²) in [5.74, 6) is -0.227. The summed E-state index contributed by atoms with van der Waals surface area (Å²) in [6.45, 7) is 6.30. The highest BCUT2D eigenvalue weighted by Gasteiger charge is 2.19. The molecular formula is C17H25N3O5. The Morgan fingerprint density at radius 1 is 1.08 bits per heavy atom. The van der Waals surface area contributed by atoms with Gasteiger partial charge in [0.15, 0.2) is 0 Å². The zero-order chi connectivity index (χ0) is 19.2. The summed E-state index contributed by atoms with van der Waals surface area (Å²) in [5, 5.41) is 10.6. The van der Waals surface area contributed by atoms with E-state index in [9.17, 15) is 19.7 Å². The molecule has 0 fully saturated rings. The first-order chi connectivity index (χ1) is 11.5. The second-order valence-corrected chi connectivity index (χ2v) is 6.79. The van der Waals surface area contributed by atoms with Crippen LogP contribution in [-0.2, 0) is 4.74 Å². The van der Waals surface area contributed by atoms with Crippen LogP contribution in [0.3, 0.4) is 0 Å². The molecule has 0 bridgehead atoms. The minimum absolute atomic E-state index is 0.0572. The monoisotopic (exact) mass is 351 g/mol. The zero-order valence-corrected chi connectivity index (χ0v) is 15.3. The fourth-order valence-electron chi connectivity index (χ4n) is 2.02. The quantitative estimate of drug-likeness (QED) is 0.580. The van der Waals surface area contributed by atoms with Crippen molar-refractivity contribution in [2.75, 3.05) is 27.2 Å². The van der Waals surface area contributed by atoms with Gasteiger partial charge in [0.05, 0.1) is 4.92 Å². The lowest BCUT2D eigenvalue weighted by Gasteiger charge is -2.25. The molecule has 0 aliphatic heterocycles. The van der Waals surface area contributed by atoms with Crippen LogP contribution in [0.15, 0.2) is 24.3 Å². The highest BCUT2D eigenvalue weighted by molar-refractivity contribution is 5.94. The van der Waals surface area contributed by atoms with Gasteiger partial charge >= 0.3 is 6.09 Å². The Morgan fingerprint density at radius 3 is 2.08 bits per heavy atom. The van der Waals surface area contributed by atoms with Crippen molar-refractivity contribution in [3.8, 4) is 0 Å². The van der Waals surface area contributed by atoms with E-state index in [0.29, 0.717) is 25.1 Å². The topological polar surface area (TPSA) is 93.0 Å². The molecule has 0 aromatic heterocycles. The summed E-state index contributed by atoms with van der Waals surface area (Å²) in [7, 11) is 3.30. The average molecular weight is 351 g/mol. The van der Waals surface area contributed by atoms with Gasteiger partial charge in [0, 0.05) is 44.9 Å². The van der Waals surface area contributed by atoms with E-state index in [1.54, 1.807) is 34.9 Å². The summed E-state index contributed by atoms with van der Waals surface area (Å²) in [6, 6.07) is 5.47. The largest absolute Gasteiger partial charge is 0.444 e. The molecule has 1 aromatic carbocycles. The molecule has 0 saturated carbocycles. The van der Waals surface area contributed by atoms with Crippen LogP contribution in [0.4, 0.5) is 10.5 Å². The summed E-state index contributed by atoms with van der Waals surface area (Å²) in [4.78, 5) is 37.2. The molecule has 1 rings (SSSR count). The van der Waals surface area contributed by atoms with E-state index in [-0.39, 0.29) is 11.6 Å². The van der Waals surface area contributed by atoms with Crippen molar-refractivity contribution in [3.05, 3.63) is 39.9 Å². The van der Waals surface area contributed by atoms with E-state index in [0.717, 1.165) is 0 Å². The molecule has 0 spiro atoms. The number of rotatable bonds is 6. The molecule has 0 aliphatic carbocycles. The van der Waals surface area contributed by atoms with Gasteiger partial charge in [-0.2, -0.15) is 0 Å². The highest BCUT2D eigenvalue weighted by atomic mass is 16.6. The predicted molar refractivity (Wildman–Crippen MR) is 93.5 cm³/mol. The van der Waals surface area contributed by atoms with Crippen LogP contribution in [-0.4, -0.2) is 59.5 Å².